The van der Waals surface area contributed by atoms with Gasteiger partial charge in [-0.25, -0.2) is 9.59 Å². The summed E-state index contributed by atoms with van der Waals surface area (Å²) in [6, 6.07) is 1.44. The second-order valence-corrected chi connectivity index (χ2v) is 7.95. The molecule has 188 valence electrons. The largest absolute Gasteiger partial charge is 0.547 e. The van der Waals surface area contributed by atoms with Crippen molar-refractivity contribution in [3.05, 3.63) is 29.3 Å². The highest BCUT2D eigenvalue weighted by molar-refractivity contribution is 6.47. The molecule has 0 aromatic heterocycles. The normalized spacial score (nSPS) is 19.4. The summed E-state index contributed by atoms with van der Waals surface area (Å²) in [5, 5.41) is 43.6. The number of aromatic carboxylic acids is 1. The van der Waals surface area contributed by atoms with Crippen molar-refractivity contribution in [3.8, 4) is 5.75 Å². The number of nitrogens with one attached hydrogen (secondary N) is 2. The lowest BCUT2D eigenvalue weighted by molar-refractivity contribution is -0.153. The monoisotopic (exact) mass is 492 g/mol. The zero-order valence-electron chi connectivity index (χ0n) is 18.7. The summed E-state index contributed by atoms with van der Waals surface area (Å²) >= 11 is 0. The predicted molar refractivity (Wildman–Crippen MR) is 117 cm³/mol. The number of benzene rings is 1. The summed E-state index contributed by atoms with van der Waals surface area (Å²) < 4.78 is 5.29. The van der Waals surface area contributed by atoms with Gasteiger partial charge in [0.1, 0.15) is 17.9 Å². The van der Waals surface area contributed by atoms with Crippen LogP contribution in [0.5, 0.6) is 5.75 Å². The Morgan fingerprint density at radius 1 is 1.23 bits per heavy atom. The van der Waals surface area contributed by atoms with Crippen LogP contribution in [0.2, 0.25) is 0 Å². The summed E-state index contributed by atoms with van der Waals surface area (Å²) in [5.74, 6) is -5.42. The number of hydrogen-bond donors (Lipinski definition) is 6. The average Bonchev–Trinajstić information content (AvgIpc) is 2.83. The number of rotatable bonds is 7. The fraction of sp³-hybridized carbons (Fsp3) is 0.450. The Kier molecular flexibility index (Phi) is 7.94. The standard InChI is InChI=1S/C20H25BN4O10/c1-2-24-6-7-25(18(30)17(24)29)20(33)23-14(12(27)9-26)16(28)22-13-8-10-4-3-5-11(19(31)32)15(10)35-21(13)34/h3-5,12-14,26-27,34H,2,6-9H2,1H3,(H,22,28)(H,23,33)(H,31,32)/t12-,13?,14-/m1/s1. The fourth-order valence-electron chi connectivity index (χ4n) is 3.81. The van der Waals surface area contributed by atoms with Crippen LogP contribution in [0.4, 0.5) is 4.79 Å². The second kappa shape index (κ2) is 10.7. The molecule has 3 atom stereocenters. The number of urea groups is 1. The SMILES string of the molecule is CCN1CCN(C(=O)N[C@@H](C(=O)NC2Cc3cccc(C(=O)O)c3OB2O)[C@H](O)CO)C(=O)C1=O. The summed E-state index contributed by atoms with van der Waals surface area (Å²) in [6.07, 6.45) is -1.82. The molecule has 0 aliphatic carbocycles. The zero-order valence-corrected chi connectivity index (χ0v) is 18.7. The van der Waals surface area contributed by atoms with E-state index in [-0.39, 0.29) is 37.4 Å². The van der Waals surface area contributed by atoms with Gasteiger partial charge in [0.25, 0.3) is 0 Å². The Balaban J connectivity index is 1.72. The first-order chi connectivity index (χ1) is 16.6. The van der Waals surface area contributed by atoms with Crippen molar-refractivity contribution >= 4 is 36.8 Å². The summed E-state index contributed by atoms with van der Waals surface area (Å²) in [6.45, 7) is 0.979. The van der Waals surface area contributed by atoms with E-state index in [0.29, 0.717) is 10.5 Å². The van der Waals surface area contributed by atoms with E-state index in [2.05, 4.69) is 10.6 Å². The number of hydrogen-bond acceptors (Lipinski definition) is 9. The first kappa shape index (κ1) is 25.9. The van der Waals surface area contributed by atoms with E-state index in [9.17, 15) is 44.3 Å². The van der Waals surface area contributed by atoms with Crippen LogP contribution < -0.4 is 15.3 Å². The van der Waals surface area contributed by atoms with Gasteiger partial charge in [-0.15, -0.1) is 0 Å². The molecule has 0 spiro atoms. The maximum Gasteiger partial charge on any atom is 0.547 e. The lowest BCUT2D eigenvalue weighted by Crippen LogP contribution is -2.64. The molecule has 0 radical (unpaired) electrons. The van der Waals surface area contributed by atoms with Gasteiger partial charge in [-0.2, -0.15) is 0 Å². The van der Waals surface area contributed by atoms with E-state index in [0.717, 1.165) is 0 Å². The molecule has 5 amide bonds. The molecule has 3 rings (SSSR count). The summed E-state index contributed by atoms with van der Waals surface area (Å²) in [7, 11) is -1.66. The topological polar surface area (TPSA) is 206 Å². The number of para-hydroxylation sites is 1. The van der Waals surface area contributed by atoms with Gasteiger partial charge in [0.15, 0.2) is 0 Å². The van der Waals surface area contributed by atoms with Crippen LogP contribution in [0.3, 0.4) is 0 Å². The molecule has 0 saturated carbocycles. The highest BCUT2D eigenvalue weighted by Crippen LogP contribution is 2.30. The van der Waals surface area contributed by atoms with Crippen LogP contribution in [-0.2, 0) is 20.8 Å². The second-order valence-electron chi connectivity index (χ2n) is 7.95. The molecule has 2 heterocycles. The molecular formula is C20H25BN4O10. The number of aliphatic hydroxyl groups excluding tert-OH is 2. The lowest BCUT2D eigenvalue weighted by Gasteiger charge is -2.34. The van der Waals surface area contributed by atoms with Gasteiger partial charge < -0.3 is 40.5 Å². The molecule has 2 aliphatic rings. The number of aliphatic hydroxyl groups is 2. The van der Waals surface area contributed by atoms with Gasteiger partial charge in [-0.3, -0.25) is 19.3 Å². The van der Waals surface area contributed by atoms with Crippen LogP contribution in [-0.4, -0.2) is 111 Å². The van der Waals surface area contributed by atoms with Gasteiger partial charge in [0.05, 0.1) is 18.1 Å². The van der Waals surface area contributed by atoms with Crippen molar-refractivity contribution in [3.63, 3.8) is 0 Å². The third-order valence-electron chi connectivity index (χ3n) is 5.75. The van der Waals surface area contributed by atoms with Crippen molar-refractivity contribution in [2.45, 2.75) is 31.4 Å². The fourth-order valence-corrected chi connectivity index (χ4v) is 3.81. The highest BCUT2D eigenvalue weighted by atomic mass is 16.5. The number of carboxylic acids is 1. The molecule has 1 aromatic rings. The molecule has 35 heavy (non-hydrogen) atoms. The van der Waals surface area contributed by atoms with E-state index in [1.54, 1.807) is 13.0 Å². The van der Waals surface area contributed by atoms with Crippen molar-refractivity contribution in [1.82, 2.24) is 20.4 Å². The number of carboxylic acid groups (broad SMARTS) is 1. The molecule has 1 saturated heterocycles. The number of amides is 5. The maximum atomic E-state index is 12.9. The first-order valence-electron chi connectivity index (χ1n) is 10.8. The van der Waals surface area contributed by atoms with Crippen LogP contribution in [0.15, 0.2) is 18.2 Å². The van der Waals surface area contributed by atoms with E-state index in [1.165, 1.54) is 17.0 Å². The van der Waals surface area contributed by atoms with Gasteiger partial charge in [-0.05, 0) is 25.0 Å². The summed E-state index contributed by atoms with van der Waals surface area (Å²) in [4.78, 5) is 63.0. The number of piperazine rings is 1. The zero-order chi connectivity index (χ0) is 25.9. The minimum Gasteiger partial charge on any atom is -0.534 e. The summed E-state index contributed by atoms with van der Waals surface area (Å²) in [5.41, 5.74) is 0.219. The number of carbonyl (C=O) groups is 5. The molecule has 14 nitrogen and oxygen atoms in total. The minimum absolute atomic E-state index is 0.0365. The van der Waals surface area contributed by atoms with E-state index in [4.69, 9.17) is 4.65 Å². The van der Waals surface area contributed by atoms with Crippen molar-refractivity contribution in [2.24, 2.45) is 0 Å². The number of carbonyl (C=O) groups excluding carboxylic acids is 4. The number of likely N-dealkylation sites (N-methyl/N-ethyl adjacent to an activating group) is 1. The maximum absolute atomic E-state index is 12.9. The van der Waals surface area contributed by atoms with Crippen LogP contribution in [0.1, 0.15) is 22.8 Å². The number of imide groups is 1. The Labute approximate surface area is 199 Å². The Morgan fingerprint density at radius 3 is 2.57 bits per heavy atom. The van der Waals surface area contributed by atoms with Crippen LogP contribution >= 0.6 is 0 Å². The van der Waals surface area contributed by atoms with Gasteiger partial charge in [-0.1, -0.05) is 12.1 Å². The number of nitrogens with zero attached hydrogens (tertiary/aromatic N) is 2. The van der Waals surface area contributed by atoms with Crippen molar-refractivity contribution in [2.75, 3.05) is 26.2 Å². The smallest absolute Gasteiger partial charge is 0.534 e. The Bertz CT molecular complexity index is 1040. The molecule has 15 heteroatoms. The molecule has 1 fully saturated rings. The third-order valence-corrected chi connectivity index (χ3v) is 5.75. The average molecular weight is 492 g/mol. The third kappa shape index (κ3) is 5.36. The highest BCUT2D eigenvalue weighted by Gasteiger charge is 2.41. The molecule has 0 bridgehead atoms. The van der Waals surface area contributed by atoms with E-state index < -0.39 is 61.5 Å². The van der Waals surface area contributed by atoms with Crippen LogP contribution in [0.25, 0.3) is 0 Å². The predicted octanol–water partition coefficient (Wildman–Crippen LogP) is -3.05. The molecule has 6 N–H and O–H groups in total. The number of fused-ring (bicyclic) bond motifs is 1. The van der Waals surface area contributed by atoms with Gasteiger partial charge >= 0.3 is 30.9 Å². The molecule has 2 aliphatic heterocycles. The molecule has 1 aromatic carbocycles. The van der Waals surface area contributed by atoms with Crippen molar-refractivity contribution < 1.29 is 49.0 Å². The quantitative estimate of drug-likeness (QED) is 0.167. The molecule has 1 unspecified atom stereocenters. The minimum atomic E-state index is -1.78. The Morgan fingerprint density at radius 2 is 1.94 bits per heavy atom. The first-order valence-corrected chi connectivity index (χ1v) is 10.8. The Hall–Kier alpha value is -3.69. The van der Waals surface area contributed by atoms with Gasteiger partial charge in [0.2, 0.25) is 5.91 Å². The van der Waals surface area contributed by atoms with Crippen LogP contribution in [0, 0.1) is 0 Å². The van der Waals surface area contributed by atoms with Crippen molar-refractivity contribution in [1.29, 1.82) is 0 Å². The van der Waals surface area contributed by atoms with E-state index in [1.807, 2.05) is 0 Å². The van der Waals surface area contributed by atoms with E-state index >= 15 is 0 Å². The molecular weight excluding hydrogens is 467 g/mol. The van der Waals surface area contributed by atoms with Gasteiger partial charge in [0, 0.05) is 19.6 Å². The lowest BCUT2D eigenvalue weighted by atomic mass is 9.72.